The van der Waals surface area contributed by atoms with Gasteiger partial charge >= 0.3 is 5.97 Å². The number of hydrogen-bond acceptors (Lipinski definition) is 4. The van der Waals surface area contributed by atoms with Crippen LogP contribution < -0.4 is 5.32 Å². The number of carbonyl (C=O) groups excluding carboxylic acids is 2. The summed E-state index contributed by atoms with van der Waals surface area (Å²) in [5, 5.41) is 2.95. The molecule has 0 spiro atoms. The Hall–Kier alpha value is -1.28. The van der Waals surface area contributed by atoms with E-state index in [2.05, 4.69) is 12.2 Å². The molecule has 0 amide bonds. The van der Waals surface area contributed by atoms with E-state index in [0.717, 1.165) is 19.3 Å². The van der Waals surface area contributed by atoms with Crippen LogP contribution in [0.4, 0.5) is 0 Å². The second kappa shape index (κ2) is 13.2. The van der Waals surface area contributed by atoms with E-state index in [-0.39, 0.29) is 11.9 Å². The van der Waals surface area contributed by atoms with E-state index in [1.165, 1.54) is 51.4 Å². The Morgan fingerprint density at radius 3 is 2.30 bits per heavy atom. The Kier molecular flexibility index (Phi) is 11.3. The van der Waals surface area contributed by atoms with Crippen molar-refractivity contribution in [3.05, 3.63) is 5.70 Å². The Morgan fingerprint density at radius 1 is 1.09 bits per heavy atom. The van der Waals surface area contributed by atoms with Crippen LogP contribution in [0.2, 0.25) is 0 Å². The first-order valence-corrected chi connectivity index (χ1v) is 9.42. The average Bonchev–Trinajstić information content (AvgIpc) is 2.59. The molecule has 0 saturated carbocycles. The summed E-state index contributed by atoms with van der Waals surface area (Å²) >= 11 is 0. The molecule has 1 unspecified atom stereocenters. The fourth-order valence-corrected chi connectivity index (χ4v) is 2.98. The van der Waals surface area contributed by atoms with Gasteiger partial charge in [-0.25, -0.2) is 4.79 Å². The number of rotatable bonds is 12. The van der Waals surface area contributed by atoms with Crippen LogP contribution in [0.15, 0.2) is 5.70 Å². The molecule has 1 heterocycles. The third-order valence-electron chi connectivity index (χ3n) is 4.48. The third-order valence-corrected chi connectivity index (χ3v) is 4.48. The lowest BCUT2D eigenvalue weighted by Gasteiger charge is -2.22. The Labute approximate surface area is 141 Å². The van der Waals surface area contributed by atoms with Gasteiger partial charge in [0.15, 0.2) is 0 Å². The lowest BCUT2D eigenvalue weighted by molar-refractivity contribution is -0.149. The van der Waals surface area contributed by atoms with E-state index in [1.807, 2.05) is 5.94 Å². The summed E-state index contributed by atoms with van der Waals surface area (Å²) in [6, 6.07) is 0. The summed E-state index contributed by atoms with van der Waals surface area (Å²) in [7, 11) is 0. The fraction of sp³-hybridized carbons (Fsp3) is 0.842. The van der Waals surface area contributed by atoms with Gasteiger partial charge in [-0.1, -0.05) is 64.7 Å². The van der Waals surface area contributed by atoms with Crippen LogP contribution in [0.3, 0.4) is 0 Å². The molecule has 0 aromatic heterocycles. The Morgan fingerprint density at radius 2 is 1.70 bits per heavy atom. The molecule has 0 bridgehead atoms. The Bertz CT molecular complexity index is 375. The van der Waals surface area contributed by atoms with Crippen LogP contribution in [-0.2, 0) is 14.3 Å². The third kappa shape index (κ3) is 9.45. The quantitative estimate of drug-likeness (QED) is 0.333. The molecular weight excluding hydrogens is 290 g/mol. The first kappa shape index (κ1) is 19.8. The molecule has 1 aliphatic rings. The highest BCUT2D eigenvalue weighted by Gasteiger charge is 2.25. The maximum atomic E-state index is 11.9. The number of nitrogens with one attached hydrogen (secondary N) is 1. The first-order valence-electron chi connectivity index (χ1n) is 9.42. The normalized spacial score (nSPS) is 17.4. The van der Waals surface area contributed by atoms with Gasteiger partial charge in [-0.2, -0.15) is 0 Å². The smallest absolute Gasteiger partial charge is 0.309 e. The molecule has 132 valence electrons. The summed E-state index contributed by atoms with van der Waals surface area (Å²) in [6.07, 6.45) is 13.9. The van der Waals surface area contributed by atoms with Gasteiger partial charge in [0, 0.05) is 13.0 Å². The standard InChI is InChI=1S/C19H33NO3/c1-2-3-4-5-6-7-8-9-10-11-14-23-19(22)17-12-13-20-18(15-17)16-21/h17,20H,2-15H2,1H3. The zero-order valence-electron chi connectivity index (χ0n) is 14.7. The fourth-order valence-electron chi connectivity index (χ4n) is 2.98. The minimum Gasteiger partial charge on any atom is -0.465 e. The number of unbranched alkanes of at least 4 members (excludes halogenated alkanes) is 9. The van der Waals surface area contributed by atoms with Gasteiger partial charge in [0.05, 0.1) is 18.2 Å². The maximum absolute atomic E-state index is 11.9. The van der Waals surface area contributed by atoms with Crippen molar-refractivity contribution in [3.8, 4) is 0 Å². The van der Waals surface area contributed by atoms with E-state index in [0.29, 0.717) is 25.3 Å². The molecule has 1 fully saturated rings. The molecule has 23 heavy (non-hydrogen) atoms. The molecule has 4 nitrogen and oxygen atoms in total. The monoisotopic (exact) mass is 323 g/mol. The molecule has 1 aliphatic heterocycles. The first-order chi connectivity index (χ1) is 11.3. The van der Waals surface area contributed by atoms with Gasteiger partial charge in [-0.3, -0.25) is 4.79 Å². The van der Waals surface area contributed by atoms with Crippen LogP contribution >= 0.6 is 0 Å². The van der Waals surface area contributed by atoms with Crippen LogP contribution in [0.25, 0.3) is 0 Å². The topological polar surface area (TPSA) is 55.4 Å². The van der Waals surface area contributed by atoms with Crippen molar-refractivity contribution in [2.24, 2.45) is 5.92 Å². The molecule has 0 aromatic rings. The van der Waals surface area contributed by atoms with Crippen molar-refractivity contribution in [3.63, 3.8) is 0 Å². The summed E-state index contributed by atoms with van der Waals surface area (Å²) in [5.74, 6) is 1.52. The van der Waals surface area contributed by atoms with E-state index in [4.69, 9.17) is 4.74 Å². The average molecular weight is 323 g/mol. The van der Waals surface area contributed by atoms with Crippen LogP contribution in [-0.4, -0.2) is 25.1 Å². The molecule has 1 N–H and O–H groups in total. The highest BCUT2D eigenvalue weighted by molar-refractivity contribution is 5.73. The highest BCUT2D eigenvalue weighted by atomic mass is 16.5. The molecule has 0 aliphatic carbocycles. The molecule has 0 aromatic carbocycles. The van der Waals surface area contributed by atoms with Crippen molar-refractivity contribution < 1.29 is 14.3 Å². The number of hydrogen-bond donors (Lipinski definition) is 1. The second-order valence-electron chi connectivity index (χ2n) is 6.55. The van der Waals surface area contributed by atoms with Crippen molar-refractivity contribution in [1.82, 2.24) is 5.32 Å². The van der Waals surface area contributed by atoms with E-state index in [1.54, 1.807) is 0 Å². The van der Waals surface area contributed by atoms with Gasteiger partial charge in [0.25, 0.3) is 0 Å². The summed E-state index contributed by atoms with van der Waals surface area (Å²) < 4.78 is 5.34. The predicted octanol–water partition coefficient (Wildman–Crippen LogP) is 4.17. The lowest BCUT2D eigenvalue weighted by atomic mass is 9.96. The molecule has 1 rings (SSSR count). The zero-order valence-corrected chi connectivity index (χ0v) is 14.7. The molecule has 1 saturated heterocycles. The van der Waals surface area contributed by atoms with Crippen molar-refractivity contribution in [2.75, 3.05) is 13.2 Å². The number of carbonyl (C=O) groups is 1. The van der Waals surface area contributed by atoms with Gasteiger partial charge in [0.1, 0.15) is 5.94 Å². The van der Waals surface area contributed by atoms with E-state index in [9.17, 15) is 9.59 Å². The minimum absolute atomic E-state index is 0.157. The predicted molar refractivity (Wildman–Crippen MR) is 92.7 cm³/mol. The molecule has 4 heteroatoms. The SMILES string of the molecule is CCCCCCCCCCCCOC(=O)C1CCNC(=C=O)C1. The zero-order chi connectivity index (χ0) is 16.8. The van der Waals surface area contributed by atoms with Gasteiger partial charge in [0.2, 0.25) is 0 Å². The number of esters is 1. The van der Waals surface area contributed by atoms with Gasteiger partial charge in [-0.15, -0.1) is 0 Å². The number of ether oxygens (including phenoxy) is 1. The summed E-state index contributed by atoms with van der Waals surface area (Å²) in [4.78, 5) is 22.5. The van der Waals surface area contributed by atoms with Crippen molar-refractivity contribution >= 4 is 11.9 Å². The van der Waals surface area contributed by atoms with E-state index < -0.39 is 0 Å². The van der Waals surface area contributed by atoms with Crippen molar-refractivity contribution in [1.29, 1.82) is 0 Å². The molecular formula is C19H33NO3. The van der Waals surface area contributed by atoms with Gasteiger partial charge < -0.3 is 10.1 Å². The maximum Gasteiger partial charge on any atom is 0.309 e. The van der Waals surface area contributed by atoms with E-state index >= 15 is 0 Å². The summed E-state index contributed by atoms with van der Waals surface area (Å²) in [5.41, 5.74) is 0.497. The van der Waals surface area contributed by atoms with Crippen LogP contribution in [0.5, 0.6) is 0 Å². The second-order valence-corrected chi connectivity index (χ2v) is 6.55. The molecule has 0 radical (unpaired) electrons. The van der Waals surface area contributed by atoms with Crippen LogP contribution in [0, 0.1) is 5.92 Å². The van der Waals surface area contributed by atoms with Gasteiger partial charge in [-0.05, 0) is 12.8 Å². The lowest BCUT2D eigenvalue weighted by Crippen LogP contribution is -2.31. The Balaban J connectivity index is 1.92. The number of piperidine rings is 1. The summed E-state index contributed by atoms with van der Waals surface area (Å²) in [6.45, 7) is 3.41. The highest BCUT2D eigenvalue weighted by Crippen LogP contribution is 2.19. The number of allylic oxidation sites excluding steroid dienone is 1. The van der Waals surface area contributed by atoms with Crippen LogP contribution in [0.1, 0.15) is 84.0 Å². The van der Waals surface area contributed by atoms with Crippen molar-refractivity contribution in [2.45, 2.75) is 84.0 Å². The largest absolute Gasteiger partial charge is 0.465 e. The minimum atomic E-state index is -0.171. The molecule has 1 atom stereocenters.